The van der Waals surface area contributed by atoms with Crippen LogP contribution in [0.15, 0.2) is 72.8 Å². The number of carbonyl (C=O) groups excluding carboxylic acids is 2. The van der Waals surface area contributed by atoms with Crippen LogP contribution in [0.4, 0.5) is 5.69 Å². The third-order valence-corrected chi connectivity index (χ3v) is 7.85. The van der Waals surface area contributed by atoms with Crippen LogP contribution in [-0.2, 0) is 32.6 Å². The largest absolute Gasteiger partial charge is 0.494 e. The summed E-state index contributed by atoms with van der Waals surface area (Å²) in [6.07, 6.45) is 1.25. The Labute approximate surface area is 239 Å². The Morgan fingerprint density at radius 1 is 0.949 bits per heavy atom. The zero-order chi connectivity index (χ0) is 28.6. The molecule has 1 N–H and O–H groups in total. The van der Waals surface area contributed by atoms with Gasteiger partial charge in [-0.15, -0.1) is 0 Å². The van der Waals surface area contributed by atoms with E-state index in [1.807, 2.05) is 37.3 Å². The number of nitrogens with one attached hydrogen (secondary N) is 1. The highest BCUT2D eigenvalue weighted by atomic mass is 35.5. The molecule has 3 aromatic carbocycles. The standard InChI is InChI=1S/C28H31Cl2N3O5S/c1-4-38-23-13-11-22(12-14-23)33(39(3,36)37)19-27(34)32(18-21-10-15-24(29)25(30)16-21)26(28(35)31-2)17-20-8-6-5-7-9-20/h5-16,26H,4,17-19H2,1-3H3,(H,31,35). The molecule has 0 saturated heterocycles. The lowest BCUT2D eigenvalue weighted by Gasteiger charge is -2.33. The lowest BCUT2D eigenvalue weighted by molar-refractivity contribution is -0.139. The second kappa shape index (κ2) is 13.7. The Morgan fingerprint density at radius 3 is 2.18 bits per heavy atom. The fourth-order valence-corrected chi connectivity index (χ4v) is 5.21. The summed E-state index contributed by atoms with van der Waals surface area (Å²) >= 11 is 12.3. The predicted octanol–water partition coefficient (Wildman–Crippen LogP) is 4.54. The van der Waals surface area contributed by atoms with Gasteiger partial charge in [0, 0.05) is 20.0 Å². The van der Waals surface area contributed by atoms with Gasteiger partial charge in [0.15, 0.2) is 0 Å². The molecular formula is C28H31Cl2N3O5S. The van der Waals surface area contributed by atoms with Gasteiger partial charge in [-0.2, -0.15) is 0 Å². The summed E-state index contributed by atoms with van der Waals surface area (Å²) in [6, 6.07) is 19.7. The van der Waals surface area contributed by atoms with Crippen molar-refractivity contribution >= 4 is 50.7 Å². The van der Waals surface area contributed by atoms with E-state index < -0.39 is 28.5 Å². The van der Waals surface area contributed by atoms with Gasteiger partial charge in [0.25, 0.3) is 0 Å². The molecule has 0 aromatic heterocycles. The maximum Gasteiger partial charge on any atom is 0.244 e. The molecule has 0 aliphatic heterocycles. The summed E-state index contributed by atoms with van der Waals surface area (Å²) in [5, 5.41) is 3.29. The number of hydrogen-bond donors (Lipinski definition) is 1. The molecule has 3 rings (SSSR count). The summed E-state index contributed by atoms with van der Waals surface area (Å²) in [4.78, 5) is 28.4. The van der Waals surface area contributed by atoms with E-state index >= 15 is 0 Å². The van der Waals surface area contributed by atoms with Crippen LogP contribution >= 0.6 is 23.2 Å². The van der Waals surface area contributed by atoms with Crippen molar-refractivity contribution in [3.05, 3.63) is 94.0 Å². The predicted molar refractivity (Wildman–Crippen MR) is 155 cm³/mol. The highest BCUT2D eigenvalue weighted by Crippen LogP contribution is 2.26. The zero-order valence-corrected chi connectivity index (χ0v) is 24.3. The van der Waals surface area contributed by atoms with Crippen LogP contribution < -0.4 is 14.4 Å². The van der Waals surface area contributed by atoms with Gasteiger partial charge in [-0.1, -0.05) is 59.6 Å². The number of anilines is 1. The van der Waals surface area contributed by atoms with Crippen molar-refractivity contribution in [3.8, 4) is 5.75 Å². The topological polar surface area (TPSA) is 96.0 Å². The van der Waals surface area contributed by atoms with Crippen LogP contribution in [0.3, 0.4) is 0 Å². The van der Waals surface area contributed by atoms with Crippen molar-refractivity contribution in [1.82, 2.24) is 10.2 Å². The number of halogens is 2. The molecular weight excluding hydrogens is 561 g/mol. The van der Waals surface area contributed by atoms with Crippen LogP contribution in [0.5, 0.6) is 5.75 Å². The number of sulfonamides is 1. The molecule has 11 heteroatoms. The lowest BCUT2D eigenvalue weighted by Crippen LogP contribution is -2.52. The number of nitrogens with zero attached hydrogens (tertiary/aromatic N) is 2. The fraction of sp³-hybridized carbons (Fsp3) is 0.286. The van der Waals surface area contributed by atoms with Gasteiger partial charge in [0.2, 0.25) is 21.8 Å². The van der Waals surface area contributed by atoms with Gasteiger partial charge < -0.3 is 15.0 Å². The van der Waals surface area contributed by atoms with Gasteiger partial charge >= 0.3 is 0 Å². The molecule has 0 aliphatic rings. The van der Waals surface area contributed by atoms with E-state index in [0.717, 1.165) is 16.1 Å². The van der Waals surface area contributed by atoms with E-state index in [-0.39, 0.29) is 18.9 Å². The Hall–Kier alpha value is -3.27. The molecule has 2 amide bonds. The molecule has 0 fully saturated rings. The second-order valence-corrected chi connectivity index (χ2v) is 11.5. The van der Waals surface area contributed by atoms with Gasteiger partial charge in [-0.05, 0) is 54.4 Å². The molecule has 0 saturated carbocycles. The molecule has 39 heavy (non-hydrogen) atoms. The summed E-state index contributed by atoms with van der Waals surface area (Å²) < 4.78 is 32.1. The first kappa shape index (κ1) is 30.3. The third kappa shape index (κ3) is 8.36. The summed E-state index contributed by atoms with van der Waals surface area (Å²) in [7, 11) is -2.37. The molecule has 0 aliphatic carbocycles. The van der Waals surface area contributed by atoms with Gasteiger partial charge in [0.1, 0.15) is 18.3 Å². The Balaban J connectivity index is 2.01. The van der Waals surface area contributed by atoms with Crippen LogP contribution in [0.25, 0.3) is 0 Å². The number of carbonyl (C=O) groups is 2. The third-order valence-electron chi connectivity index (χ3n) is 5.97. The zero-order valence-electron chi connectivity index (χ0n) is 21.9. The molecule has 0 spiro atoms. The first-order valence-corrected chi connectivity index (χ1v) is 14.8. The summed E-state index contributed by atoms with van der Waals surface area (Å²) in [6.45, 7) is 1.79. The monoisotopic (exact) mass is 591 g/mol. The second-order valence-electron chi connectivity index (χ2n) is 8.79. The van der Waals surface area contributed by atoms with Crippen molar-refractivity contribution in [2.24, 2.45) is 0 Å². The minimum absolute atomic E-state index is 0.00151. The van der Waals surface area contributed by atoms with Crippen molar-refractivity contribution in [2.45, 2.75) is 25.9 Å². The molecule has 8 nitrogen and oxygen atoms in total. The van der Waals surface area contributed by atoms with E-state index in [1.54, 1.807) is 42.5 Å². The number of hydrogen-bond acceptors (Lipinski definition) is 5. The minimum atomic E-state index is -3.86. The van der Waals surface area contributed by atoms with Crippen LogP contribution in [0.2, 0.25) is 10.0 Å². The van der Waals surface area contributed by atoms with Crippen molar-refractivity contribution in [2.75, 3.05) is 30.8 Å². The van der Waals surface area contributed by atoms with Gasteiger partial charge in [-0.25, -0.2) is 8.42 Å². The number of likely N-dealkylation sites (N-methyl/N-ethyl adjacent to an activating group) is 1. The maximum atomic E-state index is 13.9. The normalized spacial score (nSPS) is 11.9. The number of benzene rings is 3. The quantitative estimate of drug-likeness (QED) is 0.333. The Morgan fingerprint density at radius 2 is 1.62 bits per heavy atom. The molecule has 0 radical (unpaired) electrons. The van der Waals surface area contributed by atoms with Crippen molar-refractivity contribution in [3.63, 3.8) is 0 Å². The van der Waals surface area contributed by atoms with E-state index in [2.05, 4.69) is 5.32 Å². The van der Waals surface area contributed by atoms with Gasteiger partial charge in [-0.3, -0.25) is 13.9 Å². The molecule has 208 valence electrons. The number of amides is 2. The fourth-order valence-electron chi connectivity index (χ4n) is 4.04. The molecule has 1 atom stereocenters. The van der Waals surface area contributed by atoms with E-state index in [4.69, 9.17) is 27.9 Å². The average molecular weight is 593 g/mol. The number of rotatable bonds is 12. The highest BCUT2D eigenvalue weighted by molar-refractivity contribution is 7.92. The summed E-state index contributed by atoms with van der Waals surface area (Å²) in [5.74, 6) is -0.381. The van der Waals surface area contributed by atoms with Gasteiger partial charge in [0.05, 0.1) is 28.6 Å². The minimum Gasteiger partial charge on any atom is -0.494 e. The number of ether oxygens (including phenoxy) is 1. The molecule has 0 heterocycles. The first-order chi connectivity index (χ1) is 18.5. The van der Waals surface area contributed by atoms with E-state index in [1.165, 1.54) is 11.9 Å². The Kier molecular flexibility index (Phi) is 10.6. The van der Waals surface area contributed by atoms with E-state index in [9.17, 15) is 18.0 Å². The van der Waals surface area contributed by atoms with Crippen molar-refractivity contribution in [1.29, 1.82) is 0 Å². The molecule has 1 unspecified atom stereocenters. The highest BCUT2D eigenvalue weighted by Gasteiger charge is 2.32. The van der Waals surface area contributed by atoms with E-state index in [0.29, 0.717) is 33.7 Å². The first-order valence-electron chi connectivity index (χ1n) is 12.2. The Bertz CT molecular complexity index is 1390. The molecule has 3 aromatic rings. The van der Waals surface area contributed by atoms with Crippen LogP contribution in [0, 0.1) is 0 Å². The lowest BCUT2D eigenvalue weighted by atomic mass is 10.0. The SMILES string of the molecule is CCOc1ccc(N(CC(=O)N(Cc2ccc(Cl)c(Cl)c2)C(Cc2ccccc2)C(=O)NC)S(C)(=O)=O)cc1. The summed E-state index contributed by atoms with van der Waals surface area (Å²) in [5.41, 5.74) is 1.76. The van der Waals surface area contributed by atoms with Crippen molar-refractivity contribution < 1.29 is 22.7 Å². The maximum absolute atomic E-state index is 13.9. The smallest absolute Gasteiger partial charge is 0.244 e. The molecule has 0 bridgehead atoms. The van der Waals surface area contributed by atoms with Crippen LogP contribution in [-0.4, -0.2) is 57.6 Å². The van der Waals surface area contributed by atoms with Crippen LogP contribution in [0.1, 0.15) is 18.1 Å². The average Bonchev–Trinajstić information content (AvgIpc) is 2.91.